The summed E-state index contributed by atoms with van der Waals surface area (Å²) >= 11 is 0. The van der Waals surface area contributed by atoms with Gasteiger partial charge in [0.1, 0.15) is 0 Å². The van der Waals surface area contributed by atoms with E-state index in [1.807, 2.05) is 6.92 Å². The molecule has 5 nitrogen and oxygen atoms in total. The number of amides is 1. The van der Waals surface area contributed by atoms with Crippen molar-refractivity contribution >= 4 is 5.91 Å². The number of carbonyl (C=O) groups is 1. The number of nitrogens with one attached hydrogen (secondary N) is 2. The molecule has 1 fully saturated rings. The van der Waals surface area contributed by atoms with Crippen molar-refractivity contribution in [2.75, 3.05) is 13.2 Å². The van der Waals surface area contributed by atoms with Crippen molar-refractivity contribution in [3.05, 3.63) is 0 Å². The first kappa shape index (κ1) is 10.4. The van der Waals surface area contributed by atoms with Crippen molar-refractivity contribution in [2.24, 2.45) is 0 Å². The molecule has 0 bridgehead atoms. The molecule has 0 aromatic rings. The maximum Gasteiger partial charge on any atom is 0.237 e. The third kappa shape index (κ3) is 2.40. The first-order valence-corrected chi connectivity index (χ1v) is 4.51. The van der Waals surface area contributed by atoms with Gasteiger partial charge in [-0.1, -0.05) is 0 Å². The average molecular weight is 188 g/mol. The van der Waals surface area contributed by atoms with Crippen LogP contribution in [0.4, 0.5) is 0 Å². The van der Waals surface area contributed by atoms with Crippen molar-refractivity contribution in [1.29, 1.82) is 0 Å². The zero-order chi connectivity index (χ0) is 9.84. The van der Waals surface area contributed by atoms with E-state index in [1.54, 1.807) is 0 Å². The number of hydrogen-bond donors (Lipinski definition) is 4. The minimum absolute atomic E-state index is 0.113. The van der Waals surface area contributed by atoms with Crippen LogP contribution < -0.4 is 10.6 Å². The van der Waals surface area contributed by atoms with E-state index in [1.165, 1.54) is 0 Å². The van der Waals surface area contributed by atoms with Crippen LogP contribution in [-0.4, -0.2) is 47.5 Å². The van der Waals surface area contributed by atoms with Gasteiger partial charge >= 0.3 is 0 Å². The smallest absolute Gasteiger partial charge is 0.237 e. The van der Waals surface area contributed by atoms with Gasteiger partial charge in [0, 0.05) is 6.54 Å². The monoisotopic (exact) mass is 188 g/mol. The summed E-state index contributed by atoms with van der Waals surface area (Å²) in [5, 5.41) is 23.7. The minimum atomic E-state index is -0.627. The lowest BCUT2D eigenvalue weighted by Gasteiger charge is -2.11. The Kier molecular flexibility index (Phi) is 3.65. The first-order valence-electron chi connectivity index (χ1n) is 4.51. The molecule has 1 aliphatic heterocycles. The lowest BCUT2D eigenvalue weighted by molar-refractivity contribution is -0.122. The molecule has 4 N–H and O–H groups in total. The standard InChI is InChI=1S/C8H16N2O3/c1-2-9-8(13)5-3-7(12)6(4-11)10-5/h5-7,10-12H,2-4H2,1H3,(H,9,13)/t5-,6-,7+/m1/s1. The normalized spacial score (nSPS) is 33.3. The van der Waals surface area contributed by atoms with Crippen LogP contribution >= 0.6 is 0 Å². The van der Waals surface area contributed by atoms with Gasteiger partial charge < -0.3 is 15.5 Å². The van der Waals surface area contributed by atoms with Gasteiger partial charge in [0.2, 0.25) is 5.91 Å². The molecule has 0 saturated carbocycles. The fourth-order valence-corrected chi connectivity index (χ4v) is 1.50. The number of hydrogen-bond acceptors (Lipinski definition) is 4. The van der Waals surface area contributed by atoms with Gasteiger partial charge in [0.05, 0.1) is 24.8 Å². The number of carbonyl (C=O) groups excluding carboxylic acids is 1. The fourth-order valence-electron chi connectivity index (χ4n) is 1.50. The molecule has 1 aliphatic rings. The number of aliphatic hydroxyl groups is 2. The number of aliphatic hydroxyl groups excluding tert-OH is 2. The van der Waals surface area contributed by atoms with Crippen molar-refractivity contribution in [1.82, 2.24) is 10.6 Å². The lowest BCUT2D eigenvalue weighted by atomic mass is 10.1. The van der Waals surface area contributed by atoms with Crippen molar-refractivity contribution in [2.45, 2.75) is 31.5 Å². The average Bonchev–Trinajstić information content (AvgIpc) is 2.47. The predicted molar refractivity (Wildman–Crippen MR) is 47.1 cm³/mol. The number of rotatable bonds is 3. The van der Waals surface area contributed by atoms with Crippen LogP contribution in [0.1, 0.15) is 13.3 Å². The molecule has 1 amide bonds. The Bertz CT molecular complexity index is 186. The van der Waals surface area contributed by atoms with Gasteiger partial charge in [0.15, 0.2) is 0 Å². The molecule has 0 aliphatic carbocycles. The lowest BCUT2D eigenvalue weighted by Crippen LogP contribution is -2.44. The molecular weight excluding hydrogens is 172 g/mol. The summed E-state index contributed by atoms with van der Waals surface area (Å²) in [6.07, 6.45) is -0.255. The van der Waals surface area contributed by atoms with Gasteiger partial charge in [-0.25, -0.2) is 0 Å². The molecule has 3 atom stereocenters. The highest BCUT2D eigenvalue weighted by Gasteiger charge is 2.35. The fraction of sp³-hybridized carbons (Fsp3) is 0.875. The van der Waals surface area contributed by atoms with E-state index in [4.69, 9.17) is 5.11 Å². The van der Waals surface area contributed by atoms with Crippen LogP contribution in [0.3, 0.4) is 0 Å². The summed E-state index contributed by atoms with van der Waals surface area (Å²) in [5.41, 5.74) is 0. The van der Waals surface area contributed by atoms with E-state index in [0.29, 0.717) is 13.0 Å². The number of likely N-dealkylation sites (N-methyl/N-ethyl adjacent to an activating group) is 1. The minimum Gasteiger partial charge on any atom is -0.395 e. The summed E-state index contributed by atoms with van der Waals surface area (Å²) in [5.74, 6) is -0.113. The summed E-state index contributed by atoms with van der Waals surface area (Å²) in [4.78, 5) is 11.3. The molecular formula is C8H16N2O3. The second kappa shape index (κ2) is 4.55. The Morgan fingerprint density at radius 2 is 2.38 bits per heavy atom. The molecule has 1 heterocycles. The van der Waals surface area contributed by atoms with Gasteiger partial charge in [0.25, 0.3) is 0 Å². The van der Waals surface area contributed by atoms with Crippen LogP contribution in [0.2, 0.25) is 0 Å². The largest absolute Gasteiger partial charge is 0.395 e. The topological polar surface area (TPSA) is 81.6 Å². The second-order valence-electron chi connectivity index (χ2n) is 3.21. The van der Waals surface area contributed by atoms with E-state index in [0.717, 1.165) is 0 Å². The Hall–Kier alpha value is -0.650. The van der Waals surface area contributed by atoms with E-state index in [-0.39, 0.29) is 24.6 Å². The van der Waals surface area contributed by atoms with Crippen molar-refractivity contribution in [3.63, 3.8) is 0 Å². The second-order valence-corrected chi connectivity index (χ2v) is 3.21. The van der Waals surface area contributed by atoms with Crippen LogP contribution in [-0.2, 0) is 4.79 Å². The molecule has 0 aromatic carbocycles. The highest BCUT2D eigenvalue weighted by atomic mass is 16.3. The van der Waals surface area contributed by atoms with Crippen molar-refractivity contribution in [3.8, 4) is 0 Å². The van der Waals surface area contributed by atoms with Crippen LogP contribution in [0.25, 0.3) is 0 Å². The summed E-state index contributed by atoms with van der Waals surface area (Å²) < 4.78 is 0. The zero-order valence-corrected chi connectivity index (χ0v) is 7.66. The molecule has 5 heteroatoms. The predicted octanol–water partition coefficient (Wildman–Crippen LogP) is -1.79. The molecule has 1 saturated heterocycles. The highest BCUT2D eigenvalue weighted by Crippen LogP contribution is 2.12. The van der Waals surface area contributed by atoms with E-state index in [9.17, 15) is 9.90 Å². The molecule has 1 rings (SSSR count). The summed E-state index contributed by atoms with van der Waals surface area (Å²) in [6, 6.07) is -0.736. The van der Waals surface area contributed by atoms with E-state index < -0.39 is 6.10 Å². The summed E-state index contributed by atoms with van der Waals surface area (Å²) in [6.45, 7) is 2.28. The molecule has 0 unspecified atom stereocenters. The molecule has 76 valence electrons. The molecule has 0 aromatic heterocycles. The Labute approximate surface area is 77.1 Å². The Morgan fingerprint density at radius 1 is 1.69 bits per heavy atom. The van der Waals surface area contributed by atoms with Gasteiger partial charge in [-0.05, 0) is 13.3 Å². The SMILES string of the molecule is CCNC(=O)[C@H]1C[C@H](O)[C@@H](CO)N1. The molecule has 0 spiro atoms. The highest BCUT2D eigenvalue weighted by molar-refractivity contribution is 5.82. The van der Waals surface area contributed by atoms with Gasteiger partial charge in [-0.3, -0.25) is 10.1 Å². The molecule has 13 heavy (non-hydrogen) atoms. The van der Waals surface area contributed by atoms with Crippen LogP contribution in [0.5, 0.6) is 0 Å². The molecule has 0 radical (unpaired) electrons. The van der Waals surface area contributed by atoms with E-state index >= 15 is 0 Å². The zero-order valence-electron chi connectivity index (χ0n) is 7.66. The third-order valence-corrected chi connectivity index (χ3v) is 2.22. The summed E-state index contributed by atoms with van der Waals surface area (Å²) in [7, 11) is 0. The van der Waals surface area contributed by atoms with Crippen LogP contribution in [0.15, 0.2) is 0 Å². The van der Waals surface area contributed by atoms with E-state index in [2.05, 4.69) is 10.6 Å². The van der Waals surface area contributed by atoms with Gasteiger partial charge in [-0.2, -0.15) is 0 Å². The maximum atomic E-state index is 11.3. The van der Waals surface area contributed by atoms with Gasteiger partial charge in [-0.15, -0.1) is 0 Å². The maximum absolute atomic E-state index is 11.3. The third-order valence-electron chi connectivity index (χ3n) is 2.22. The quantitative estimate of drug-likeness (QED) is 0.421. The Morgan fingerprint density at radius 3 is 2.85 bits per heavy atom. The first-order chi connectivity index (χ1) is 6.19. The Balaban J connectivity index is 2.43. The van der Waals surface area contributed by atoms with Crippen LogP contribution in [0, 0.1) is 0 Å². The van der Waals surface area contributed by atoms with Crippen molar-refractivity contribution < 1.29 is 15.0 Å².